The first-order chi connectivity index (χ1) is 10.6. The van der Waals surface area contributed by atoms with Crippen molar-refractivity contribution in [1.82, 2.24) is 0 Å². The van der Waals surface area contributed by atoms with Crippen molar-refractivity contribution in [3.05, 3.63) is 77.3 Å². The summed E-state index contributed by atoms with van der Waals surface area (Å²) >= 11 is 5.57. The summed E-state index contributed by atoms with van der Waals surface area (Å²) < 4.78 is 5.00. The summed E-state index contributed by atoms with van der Waals surface area (Å²) in [6.07, 6.45) is 0. The van der Waals surface area contributed by atoms with Crippen LogP contribution < -0.4 is 5.32 Å². The highest BCUT2D eigenvalue weighted by Crippen LogP contribution is 2.18. The zero-order valence-electron chi connectivity index (χ0n) is 11.7. The molecule has 4 nitrogen and oxygen atoms in total. The molecule has 22 heavy (non-hydrogen) atoms. The lowest BCUT2D eigenvalue weighted by Crippen LogP contribution is -2.16. The average molecular weight is 316 g/mol. The molecule has 0 spiro atoms. The minimum Gasteiger partial charge on any atom is -0.456 e. The Morgan fingerprint density at radius 2 is 1.68 bits per heavy atom. The summed E-state index contributed by atoms with van der Waals surface area (Å²) in [7, 11) is 0. The third-order valence-corrected chi connectivity index (χ3v) is 2.90. The van der Waals surface area contributed by atoms with Gasteiger partial charge in [-0.05, 0) is 24.3 Å². The van der Waals surface area contributed by atoms with Crippen molar-refractivity contribution in [3.63, 3.8) is 0 Å². The molecular weight excluding hydrogens is 302 g/mol. The van der Waals surface area contributed by atoms with E-state index >= 15 is 0 Å². The lowest BCUT2D eigenvalue weighted by molar-refractivity contribution is 0.0547. The molecule has 0 heterocycles. The number of benzene rings is 2. The van der Waals surface area contributed by atoms with E-state index in [9.17, 15) is 9.59 Å². The van der Waals surface area contributed by atoms with Gasteiger partial charge in [-0.25, -0.2) is 4.79 Å². The van der Waals surface area contributed by atoms with E-state index in [4.69, 9.17) is 16.3 Å². The van der Waals surface area contributed by atoms with Gasteiger partial charge in [0.2, 0.25) is 0 Å². The Labute approximate surface area is 133 Å². The van der Waals surface area contributed by atoms with E-state index < -0.39 is 5.97 Å². The molecule has 2 aromatic rings. The smallest absolute Gasteiger partial charge is 0.340 e. The number of anilines is 1. The molecule has 2 rings (SSSR count). The first-order valence-electron chi connectivity index (χ1n) is 6.54. The number of ether oxygens (including phenoxy) is 1. The van der Waals surface area contributed by atoms with Gasteiger partial charge in [-0.2, -0.15) is 0 Å². The number of esters is 1. The molecule has 0 aliphatic carbocycles. The van der Waals surface area contributed by atoms with Crippen molar-refractivity contribution in [3.8, 4) is 0 Å². The van der Waals surface area contributed by atoms with E-state index in [0.717, 1.165) is 0 Å². The second-order valence-electron chi connectivity index (χ2n) is 4.46. The van der Waals surface area contributed by atoms with E-state index in [1.54, 1.807) is 48.5 Å². The van der Waals surface area contributed by atoms with Crippen molar-refractivity contribution >= 4 is 29.2 Å². The third kappa shape index (κ3) is 4.20. The minimum atomic E-state index is -0.578. The van der Waals surface area contributed by atoms with Gasteiger partial charge < -0.3 is 10.1 Å². The molecule has 0 saturated carbocycles. The number of rotatable bonds is 5. The normalized spacial score (nSPS) is 9.86. The Morgan fingerprint density at radius 3 is 2.36 bits per heavy atom. The first-order valence-corrected chi connectivity index (χ1v) is 6.91. The van der Waals surface area contributed by atoms with Crippen molar-refractivity contribution in [2.45, 2.75) is 0 Å². The van der Waals surface area contributed by atoms with Crippen molar-refractivity contribution in [2.24, 2.45) is 0 Å². The van der Waals surface area contributed by atoms with Crippen molar-refractivity contribution in [2.75, 3.05) is 11.9 Å². The maximum Gasteiger partial charge on any atom is 0.340 e. The Morgan fingerprint density at radius 1 is 1.05 bits per heavy atom. The Bertz CT molecular complexity index is 698. The lowest BCUT2D eigenvalue weighted by atomic mass is 10.1. The van der Waals surface area contributed by atoms with Crippen LogP contribution in [0, 0.1) is 0 Å². The molecule has 0 atom stereocenters. The molecule has 0 aliphatic heterocycles. The van der Waals surface area contributed by atoms with Gasteiger partial charge in [0, 0.05) is 10.6 Å². The Balaban J connectivity index is 2.16. The van der Waals surface area contributed by atoms with Crippen LogP contribution in [0.3, 0.4) is 0 Å². The quantitative estimate of drug-likeness (QED) is 0.853. The van der Waals surface area contributed by atoms with E-state index in [0.29, 0.717) is 11.3 Å². The predicted molar refractivity (Wildman–Crippen MR) is 86.1 cm³/mol. The number of halogens is 1. The predicted octanol–water partition coefficient (Wildman–Crippen LogP) is 3.85. The zero-order chi connectivity index (χ0) is 15.9. The molecular formula is C17H14ClNO3. The number of para-hydroxylation sites is 1. The van der Waals surface area contributed by atoms with E-state index in [1.165, 1.54) is 0 Å². The van der Waals surface area contributed by atoms with Gasteiger partial charge in [-0.1, -0.05) is 48.5 Å². The molecule has 0 radical (unpaired) electrons. The van der Waals surface area contributed by atoms with Gasteiger partial charge >= 0.3 is 5.97 Å². The third-order valence-electron chi connectivity index (χ3n) is 2.79. The molecule has 0 unspecified atom stereocenters. The highest BCUT2D eigenvalue weighted by atomic mass is 35.5. The van der Waals surface area contributed by atoms with Crippen LogP contribution in [0.25, 0.3) is 0 Å². The summed E-state index contributed by atoms with van der Waals surface area (Å²) in [5.41, 5.74) is 1.13. The summed E-state index contributed by atoms with van der Waals surface area (Å²) in [4.78, 5) is 24.2. The van der Waals surface area contributed by atoms with Crippen LogP contribution in [0.4, 0.5) is 5.69 Å². The van der Waals surface area contributed by atoms with Crippen LogP contribution in [-0.2, 0) is 4.74 Å². The summed E-state index contributed by atoms with van der Waals surface area (Å²) in [6, 6.07) is 15.3. The first kappa shape index (κ1) is 15.8. The summed E-state index contributed by atoms with van der Waals surface area (Å²) in [6.45, 7) is 3.37. The monoisotopic (exact) mass is 315 g/mol. The number of nitrogens with one attached hydrogen (secondary N) is 1. The van der Waals surface area contributed by atoms with Crippen LogP contribution in [-0.4, -0.2) is 18.5 Å². The fraction of sp³-hybridized carbons (Fsp3) is 0.0588. The Kier molecular flexibility index (Phi) is 5.33. The van der Waals surface area contributed by atoms with Crippen LogP contribution >= 0.6 is 11.6 Å². The van der Waals surface area contributed by atoms with Gasteiger partial charge in [0.25, 0.3) is 5.91 Å². The van der Waals surface area contributed by atoms with Crippen LogP contribution in [0.1, 0.15) is 20.7 Å². The molecule has 0 aliphatic rings. The van der Waals surface area contributed by atoms with E-state index in [2.05, 4.69) is 11.9 Å². The number of hydrogen-bond acceptors (Lipinski definition) is 3. The lowest BCUT2D eigenvalue weighted by Gasteiger charge is -2.10. The van der Waals surface area contributed by atoms with Gasteiger partial charge in [0.1, 0.15) is 6.61 Å². The number of hydrogen-bond donors (Lipinski definition) is 1. The molecule has 0 bridgehead atoms. The van der Waals surface area contributed by atoms with Crippen LogP contribution in [0.5, 0.6) is 0 Å². The zero-order valence-corrected chi connectivity index (χ0v) is 12.5. The average Bonchev–Trinajstić information content (AvgIpc) is 2.54. The molecule has 1 amide bonds. The second kappa shape index (κ2) is 7.43. The maximum absolute atomic E-state index is 12.2. The van der Waals surface area contributed by atoms with Crippen molar-refractivity contribution < 1.29 is 14.3 Å². The van der Waals surface area contributed by atoms with E-state index in [1.807, 2.05) is 6.07 Å². The molecule has 0 aromatic heterocycles. The molecule has 0 fully saturated rings. The largest absolute Gasteiger partial charge is 0.456 e. The van der Waals surface area contributed by atoms with Gasteiger partial charge in [-0.3, -0.25) is 4.79 Å². The molecule has 112 valence electrons. The van der Waals surface area contributed by atoms with Gasteiger partial charge in [0.05, 0.1) is 11.3 Å². The van der Waals surface area contributed by atoms with Crippen LogP contribution in [0.2, 0.25) is 0 Å². The number of carbonyl (C=O) groups excluding carboxylic acids is 2. The molecule has 2 aromatic carbocycles. The fourth-order valence-electron chi connectivity index (χ4n) is 1.78. The van der Waals surface area contributed by atoms with Gasteiger partial charge in [-0.15, -0.1) is 0 Å². The SMILES string of the molecule is C=C(Cl)COC(=O)c1ccccc1NC(=O)c1ccccc1. The number of amides is 1. The Hall–Kier alpha value is -2.59. The number of carbonyl (C=O) groups is 2. The standard InChI is InChI=1S/C17H14ClNO3/c1-12(18)11-22-17(21)14-9-5-6-10-15(14)19-16(20)13-7-3-2-4-8-13/h2-10H,1,11H2,(H,19,20). The topological polar surface area (TPSA) is 55.4 Å². The molecule has 5 heteroatoms. The van der Waals surface area contributed by atoms with Crippen LogP contribution in [0.15, 0.2) is 66.2 Å². The summed E-state index contributed by atoms with van der Waals surface area (Å²) in [5, 5.41) is 2.92. The second-order valence-corrected chi connectivity index (χ2v) is 4.99. The highest BCUT2D eigenvalue weighted by Gasteiger charge is 2.15. The van der Waals surface area contributed by atoms with Gasteiger partial charge in [0.15, 0.2) is 0 Å². The van der Waals surface area contributed by atoms with E-state index in [-0.39, 0.29) is 23.1 Å². The fourth-order valence-corrected chi connectivity index (χ4v) is 1.83. The van der Waals surface area contributed by atoms with Crippen molar-refractivity contribution in [1.29, 1.82) is 0 Å². The molecule has 1 N–H and O–H groups in total. The minimum absolute atomic E-state index is 0.0820. The maximum atomic E-state index is 12.2. The molecule has 0 saturated heterocycles. The highest BCUT2D eigenvalue weighted by molar-refractivity contribution is 6.29. The summed E-state index contributed by atoms with van der Waals surface area (Å²) in [5.74, 6) is -0.881.